The minimum absolute atomic E-state index is 0.000532. The molecule has 4 atom stereocenters. The summed E-state index contributed by atoms with van der Waals surface area (Å²) in [5.41, 5.74) is 1.11. The summed E-state index contributed by atoms with van der Waals surface area (Å²) in [4.78, 5) is 11.6. The Bertz CT molecular complexity index is 534. The predicted octanol–water partition coefficient (Wildman–Crippen LogP) is 3.96. The van der Waals surface area contributed by atoms with Crippen LogP contribution in [0.15, 0.2) is 30.3 Å². The zero-order valence-electron chi connectivity index (χ0n) is 15.8. The van der Waals surface area contributed by atoms with Crippen molar-refractivity contribution >= 4 is 29.5 Å². The second-order valence-corrected chi connectivity index (χ2v) is 9.59. The van der Waals surface area contributed by atoms with E-state index in [4.69, 9.17) is 9.47 Å². The largest absolute Gasteiger partial charge is 0.469 e. The van der Waals surface area contributed by atoms with Crippen LogP contribution in [0, 0.1) is 11.8 Å². The molecule has 0 saturated carbocycles. The molecule has 1 aromatic carbocycles. The number of carbonyl (C=O) groups excluding carboxylic acids is 1. The zero-order valence-corrected chi connectivity index (χ0v) is 17.4. The highest BCUT2D eigenvalue weighted by Gasteiger charge is 2.36. The first-order valence-electron chi connectivity index (χ1n) is 9.16. The third kappa shape index (κ3) is 6.48. The Balaban J connectivity index is 2.06. The van der Waals surface area contributed by atoms with Crippen molar-refractivity contribution in [2.75, 3.05) is 18.6 Å². The first kappa shape index (κ1) is 21.6. The molecule has 1 aliphatic heterocycles. The van der Waals surface area contributed by atoms with Crippen molar-refractivity contribution in [1.29, 1.82) is 0 Å². The third-order valence-electron chi connectivity index (χ3n) is 4.81. The van der Waals surface area contributed by atoms with E-state index in [1.807, 2.05) is 60.8 Å². The van der Waals surface area contributed by atoms with Crippen LogP contribution in [-0.2, 0) is 20.9 Å². The molecule has 0 unspecified atom stereocenters. The lowest BCUT2D eigenvalue weighted by Gasteiger charge is -2.37. The van der Waals surface area contributed by atoms with Gasteiger partial charge in [0.1, 0.15) is 0 Å². The molecule has 1 fully saturated rings. The molecule has 2 rings (SSSR count). The van der Waals surface area contributed by atoms with Gasteiger partial charge in [-0.1, -0.05) is 44.2 Å². The highest BCUT2D eigenvalue weighted by molar-refractivity contribution is 8.17. The van der Waals surface area contributed by atoms with Crippen LogP contribution in [-0.4, -0.2) is 46.5 Å². The van der Waals surface area contributed by atoms with Gasteiger partial charge in [0.2, 0.25) is 0 Å². The van der Waals surface area contributed by atoms with Crippen LogP contribution in [0.1, 0.15) is 32.3 Å². The molecule has 1 N–H and O–H groups in total. The average Bonchev–Trinajstić information content (AvgIpc) is 2.69. The van der Waals surface area contributed by atoms with Crippen LogP contribution in [0.2, 0.25) is 0 Å². The number of ether oxygens (including phenoxy) is 2. The van der Waals surface area contributed by atoms with E-state index in [1.54, 1.807) is 0 Å². The fraction of sp³-hybridized carbons (Fsp3) is 0.650. The standard InChI is InChI=1S/C20H30O4S2/c1-14(17(21)12-18(22)23-3)19(15(2)20-25-10-7-11-26-20)24-13-16-8-5-4-6-9-16/h4-6,8-9,14-15,17,19-21H,7,10-13H2,1-3H3/t14-,15+,17-,19-/m1/s1. The Morgan fingerprint density at radius 2 is 1.88 bits per heavy atom. The van der Waals surface area contributed by atoms with Gasteiger partial charge < -0.3 is 14.6 Å². The third-order valence-corrected chi connectivity index (χ3v) is 8.20. The van der Waals surface area contributed by atoms with Crippen molar-refractivity contribution in [1.82, 2.24) is 0 Å². The van der Waals surface area contributed by atoms with Gasteiger partial charge in [-0.15, -0.1) is 23.5 Å². The van der Waals surface area contributed by atoms with Gasteiger partial charge in [-0.2, -0.15) is 0 Å². The van der Waals surface area contributed by atoms with Gasteiger partial charge in [0.15, 0.2) is 0 Å². The quantitative estimate of drug-likeness (QED) is 0.636. The fourth-order valence-electron chi connectivity index (χ4n) is 3.17. The summed E-state index contributed by atoms with van der Waals surface area (Å²) < 4.78 is 11.5. The van der Waals surface area contributed by atoms with Crippen LogP contribution in [0.25, 0.3) is 0 Å². The van der Waals surface area contributed by atoms with E-state index in [-0.39, 0.29) is 30.3 Å². The van der Waals surface area contributed by atoms with Gasteiger partial charge in [-0.25, -0.2) is 0 Å². The van der Waals surface area contributed by atoms with Crippen LogP contribution >= 0.6 is 23.5 Å². The zero-order chi connectivity index (χ0) is 18.9. The number of thioether (sulfide) groups is 2. The molecule has 0 spiro atoms. The van der Waals surface area contributed by atoms with E-state index in [1.165, 1.54) is 25.0 Å². The molecule has 4 nitrogen and oxygen atoms in total. The van der Waals surface area contributed by atoms with Gasteiger partial charge in [-0.05, 0) is 23.5 Å². The Hall–Kier alpha value is -0.690. The van der Waals surface area contributed by atoms with Crippen molar-refractivity contribution < 1.29 is 19.4 Å². The minimum atomic E-state index is -0.774. The summed E-state index contributed by atoms with van der Waals surface area (Å²) in [6.45, 7) is 4.68. The molecular formula is C20H30O4S2. The number of methoxy groups -OCH3 is 1. The second-order valence-electron chi connectivity index (χ2n) is 6.79. The monoisotopic (exact) mass is 398 g/mol. The molecule has 146 valence electrons. The van der Waals surface area contributed by atoms with E-state index >= 15 is 0 Å². The van der Waals surface area contributed by atoms with E-state index in [2.05, 4.69) is 6.92 Å². The Kier molecular flexibility index (Phi) is 9.33. The highest BCUT2D eigenvalue weighted by Crippen LogP contribution is 2.40. The number of hydrogen-bond donors (Lipinski definition) is 1. The van der Waals surface area contributed by atoms with E-state index in [0.717, 1.165) is 5.56 Å². The maximum Gasteiger partial charge on any atom is 0.308 e. The Morgan fingerprint density at radius 1 is 1.23 bits per heavy atom. The normalized spacial score (nSPS) is 20.2. The van der Waals surface area contributed by atoms with Gasteiger partial charge in [0.25, 0.3) is 0 Å². The maximum absolute atomic E-state index is 11.6. The summed E-state index contributed by atoms with van der Waals surface area (Å²) in [6.07, 6.45) is 0.344. The summed E-state index contributed by atoms with van der Waals surface area (Å²) in [5, 5.41) is 10.5. The molecular weight excluding hydrogens is 368 g/mol. The molecule has 0 amide bonds. The van der Waals surface area contributed by atoms with Crippen LogP contribution in [0.3, 0.4) is 0 Å². The topological polar surface area (TPSA) is 55.8 Å². The number of aliphatic hydroxyl groups excluding tert-OH is 1. The van der Waals surface area contributed by atoms with Gasteiger partial charge >= 0.3 is 5.97 Å². The first-order valence-corrected chi connectivity index (χ1v) is 11.3. The predicted molar refractivity (Wildman–Crippen MR) is 109 cm³/mol. The van der Waals surface area contributed by atoms with Crippen LogP contribution < -0.4 is 0 Å². The molecule has 1 aromatic rings. The molecule has 1 aliphatic rings. The molecule has 1 saturated heterocycles. The number of rotatable bonds is 9. The molecule has 0 aliphatic carbocycles. The van der Waals surface area contributed by atoms with Gasteiger partial charge in [0.05, 0.1) is 36.9 Å². The van der Waals surface area contributed by atoms with Crippen molar-refractivity contribution in [3.63, 3.8) is 0 Å². The summed E-state index contributed by atoms with van der Waals surface area (Å²) >= 11 is 3.96. The molecule has 26 heavy (non-hydrogen) atoms. The minimum Gasteiger partial charge on any atom is -0.469 e. The Morgan fingerprint density at radius 3 is 2.50 bits per heavy atom. The highest BCUT2D eigenvalue weighted by atomic mass is 32.2. The molecule has 0 radical (unpaired) electrons. The molecule has 1 heterocycles. The fourth-order valence-corrected chi connectivity index (χ4v) is 6.32. The number of esters is 1. The lowest BCUT2D eigenvalue weighted by Crippen LogP contribution is -2.40. The van der Waals surface area contributed by atoms with Crippen molar-refractivity contribution in [2.24, 2.45) is 11.8 Å². The number of benzene rings is 1. The van der Waals surface area contributed by atoms with E-state index < -0.39 is 6.10 Å². The smallest absolute Gasteiger partial charge is 0.308 e. The second kappa shape index (κ2) is 11.2. The Labute approximate surface area is 165 Å². The number of carbonyl (C=O) groups is 1. The average molecular weight is 399 g/mol. The maximum atomic E-state index is 11.6. The van der Waals surface area contributed by atoms with E-state index in [9.17, 15) is 9.90 Å². The van der Waals surface area contributed by atoms with Crippen LogP contribution in [0.4, 0.5) is 0 Å². The van der Waals surface area contributed by atoms with E-state index in [0.29, 0.717) is 11.2 Å². The number of aliphatic hydroxyl groups is 1. The van der Waals surface area contributed by atoms with Crippen molar-refractivity contribution in [3.8, 4) is 0 Å². The SMILES string of the molecule is COC(=O)C[C@@H](O)[C@@H](C)[C@@H](OCc1ccccc1)[C@H](C)C1SCCCS1. The summed E-state index contributed by atoms with van der Waals surface area (Å²) in [6, 6.07) is 10.1. The van der Waals surface area contributed by atoms with Crippen molar-refractivity contribution in [3.05, 3.63) is 35.9 Å². The first-order chi connectivity index (χ1) is 12.5. The van der Waals surface area contributed by atoms with Crippen LogP contribution in [0.5, 0.6) is 0 Å². The summed E-state index contributed by atoms with van der Waals surface area (Å²) in [5.74, 6) is 2.08. The lowest BCUT2D eigenvalue weighted by molar-refractivity contribution is -0.145. The summed E-state index contributed by atoms with van der Waals surface area (Å²) in [7, 11) is 1.35. The molecule has 6 heteroatoms. The molecule has 0 bridgehead atoms. The van der Waals surface area contributed by atoms with Gasteiger partial charge in [-0.3, -0.25) is 4.79 Å². The van der Waals surface area contributed by atoms with Crippen molar-refractivity contribution in [2.45, 2.75) is 50.1 Å². The number of hydrogen-bond acceptors (Lipinski definition) is 6. The lowest BCUT2D eigenvalue weighted by atomic mass is 9.88. The molecule has 0 aromatic heterocycles. The van der Waals surface area contributed by atoms with Gasteiger partial charge in [0, 0.05) is 11.8 Å².